The summed E-state index contributed by atoms with van der Waals surface area (Å²) in [6, 6.07) is 4.46. The molecule has 0 amide bonds. The number of phosphoric ester groups is 1. The lowest BCUT2D eigenvalue weighted by atomic mass is 10.2. The van der Waals surface area contributed by atoms with Crippen molar-refractivity contribution in [1.29, 1.82) is 0 Å². The van der Waals surface area contributed by atoms with Crippen molar-refractivity contribution >= 4 is 19.4 Å². The van der Waals surface area contributed by atoms with Crippen molar-refractivity contribution in [1.82, 2.24) is 9.55 Å². The maximum atomic E-state index is 15.3. The number of benzene rings is 1. The number of aliphatic hydroxyl groups is 2. The van der Waals surface area contributed by atoms with Crippen LogP contribution in [0.25, 0.3) is 0 Å². The maximum Gasteiger partial charge on any atom is 0.530 e. The van der Waals surface area contributed by atoms with E-state index in [2.05, 4.69) is 0 Å². The lowest BCUT2D eigenvalue weighted by Crippen LogP contribution is -2.37. The van der Waals surface area contributed by atoms with Crippen molar-refractivity contribution in [2.24, 2.45) is 0 Å². The first-order valence-corrected chi connectivity index (χ1v) is 10.7. The van der Waals surface area contributed by atoms with E-state index in [4.69, 9.17) is 31.3 Å². The fraction of sp³-hybridized carbons (Fsp3) is 0.412. The highest BCUT2D eigenvalue weighted by atomic mass is 35.5. The molecular weight excluding hydrogens is 462 g/mol. The Balaban J connectivity index is 1.53. The van der Waals surface area contributed by atoms with Crippen molar-refractivity contribution in [3.8, 4) is 5.75 Å². The Morgan fingerprint density at radius 1 is 1.48 bits per heavy atom. The lowest BCUT2D eigenvalue weighted by molar-refractivity contribution is -0.179. The van der Waals surface area contributed by atoms with Crippen LogP contribution < -0.4 is 15.8 Å². The molecule has 1 unspecified atom stereocenters. The van der Waals surface area contributed by atoms with E-state index in [9.17, 15) is 24.4 Å². The molecule has 2 aromatic rings. The molecule has 31 heavy (non-hydrogen) atoms. The van der Waals surface area contributed by atoms with Gasteiger partial charge in [-0.05, 0) is 18.2 Å². The quantitative estimate of drug-likeness (QED) is 0.540. The molecule has 4 rings (SSSR count). The molecule has 2 aliphatic rings. The monoisotopic (exact) mass is 479 g/mol. The normalized spacial score (nSPS) is 32.9. The Hall–Kier alpha value is -2.05. The number of hydrogen-bond acceptors (Lipinski definition) is 9. The molecule has 1 aromatic carbocycles. The minimum Gasteiger partial charge on any atom is -0.404 e. The number of H-pyrrole nitrogens is 1. The van der Waals surface area contributed by atoms with Crippen LogP contribution in [0.4, 0.5) is 4.39 Å². The number of alkyl halides is 1. The van der Waals surface area contributed by atoms with E-state index in [1.54, 1.807) is 0 Å². The van der Waals surface area contributed by atoms with Crippen molar-refractivity contribution in [3.63, 3.8) is 0 Å². The zero-order valence-electron chi connectivity index (χ0n) is 16.6. The summed E-state index contributed by atoms with van der Waals surface area (Å²) in [7, 11) is -4.27. The van der Waals surface area contributed by atoms with Gasteiger partial charge >= 0.3 is 13.5 Å². The van der Waals surface area contributed by atoms with Gasteiger partial charge in [0.2, 0.25) is 5.85 Å². The Kier molecular flexibility index (Phi) is 5.47. The molecule has 3 heterocycles. The zero-order chi connectivity index (χ0) is 23.3. The molecule has 1 saturated heterocycles. The van der Waals surface area contributed by atoms with Gasteiger partial charge in [-0.3, -0.25) is 23.4 Å². The number of aromatic amines is 1. The predicted octanol–water partition coefficient (Wildman–Crippen LogP) is 1.36. The molecule has 168 valence electrons. The molecule has 2 aliphatic heterocycles. The van der Waals surface area contributed by atoms with Gasteiger partial charge in [0.1, 0.15) is 18.5 Å². The summed E-state index contributed by atoms with van der Waals surface area (Å²) in [6.07, 6.45) is -4.68. The van der Waals surface area contributed by atoms with Crippen LogP contribution in [-0.2, 0) is 31.6 Å². The zero-order valence-corrected chi connectivity index (χ0v) is 17.3. The Labute approximate surface area is 179 Å². The highest BCUT2D eigenvalue weighted by Crippen LogP contribution is 2.55. The second-order valence-electron chi connectivity index (χ2n) is 6.82. The second-order valence-corrected chi connectivity index (χ2v) is 8.85. The van der Waals surface area contributed by atoms with Gasteiger partial charge in [-0.2, -0.15) is 0 Å². The minimum absolute atomic E-state index is 0.162. The summed E-state index contributed by atoms with van der Waals surface area (Å²) in [5, 5.41) is 19.9. The van der Waals surface area contributed by atoms with E-state index in [1.807, 2.05) is 4.98 Å². The van der Waals surface area contributed by atoms with Gasteiger partial charge in [-0.1, -0.05) is 11.6 Å². The number of nitrogens with one attached hydrogen (secondary N) is 1. The van der Waals surface area contributed by atoms with E-state index in [1.165, 1.54) is 18.2 Å². The highest BCUT2D eigenvalue weighted by molar-refractivity contribution is 7.49. The van der Waals surface area contributed by atoms with Crippen LogP contribution in [-0.4, -0.2) is 38.3 Å². The molecule has 1 aromatic heterocycles. The number of phosphoric acid groups is 1. The standard InChI is InChI=1S/C17H17ClFN2O9P/c18-11-1-2-13-9(3-11)7-27-31(26,30-13)28-8-17(19)4-12(23)15(29-17)21-5-10(6-22)14(24)20-16(21)25/h1-3,5,12,15,22-23H,4,6-8H2,(H,20,24,25)/t12-,15-,17+,31?/m1/s1/i15D. The topological polar surface area (TPSA) is 149 Å². The first kappa shape index (κ1) is 20.8. The van der Waals surface area contributed by atoms with Crippen LogP contribution >= 0.6 is 19.4 Å². The number of halogens is 2. The van der Waals surface area contributed by atoms with Crippen molar-refractivity contribution < 1.29 is 38.8 Å². The molecule has 4 atom stereocenters. The number of nitrogens with zero attached hydrogens (tertiary/aromatic N) is 1. The highest BCUT2D eigenvalue weighted by Gasteiger charge is 2.50. The molecular formula is C17H17ClFN2O9P. The third-order valence-corrected chi connectivity index (χ3v) is 6.09. The van der Waals surface area contributed by atoms with Gasteiger partial charge in [-0.25, -0.2) is 13.8 Å². The number of hydrogen-bond donors (Lipinski definition) is 3. The summed E-state index contributed by atoms with van der Waals surface area (Å²) in [5.41, 5.74) is -1.90. The summed E-state index contributed by atoms with van der Waals surface area (Å²) in [5.74, 6) is -2.71. The molecule has 3 N–H and O–H groups in total. The smallest absolute Gasteiger partial charge is 0.404 e. The SMILES string of the molecule is [2H][C@@]1(n2cc(CO)c(=O)[nH]c2=O)O[C@](F)(COP2(=O)OCc3cc(Cl)ccc3O2)C[C@H]1O. The summed E-state index contributed by atoms with van der Waals surface area (Å²) in [4.78, 5) is 25.6. The molecule has 14 heteroatoms. The molecule has 0 bridgehead atoms. The number of ether oxygens (including phenoxy) is 1. The molecule has 0 radical (unpaired) electrons. The third kappa shape index (κ3) is 4.46. The minimum atomic E-state index is -4.27. The van der Waals surface area contributed by atoms with Gasteiger partial charge in [0.05, 0.1) is 20.1 Å². The van der Waals surface area contributed by atoms with Gasteiger partial charge < -0.3 is 19.5 Å². The predicted molar refractivity (Wildman–Crippen MR) is 102 cm³/mol. The maximum absolute atomic E-state index is 15.3. The van der Waals surface area contributed by atoms with Crippen molar-refractivity contribution in [3.05, 3.63) is 61.4 Å². The fourth-order valence-corrected chi connectivity index (χ4v) is 4.48. The Morgan fingerprint density at radius 3 is 3.00 bits per heavy atom. The first-order chi connectivity index (χ1) is 15.0. The Morgan fingerprint density at radius 2 is 2.26 bits per heavy atom. The fourth-order valence-electron chi connectivity index (χ4n) is 3.04. The van der Waals surface area contributed by atoms with Crippen LogP contribution in [0.3, 0.4) is 0 Å². The van der Waals surface area contributed by atoms with E-state index >= 15 is 4.39 Å². The molecule has 11 nitrogen and oxygen atoms in total. The second kappa shape index (κ2) is 8.14. The molecule has 0 spiro atoms. The van der Waals surface area contributed by atoms with Crippen LogP contribution in [0.5, 0.6) is 5.75 Å². The largest absolute Gasteiger partial charge is 0.530 e. The van der Waals surface area contributed by atoms with E-state index in [0.717, 1.165) is 6.20 Å². The lowest BCUT2D eigenvalue weighted by Gasteiger charge is -2.27. The average Bonchev–Trinajstić information content (AvgIpc) is 2.96. The summed E-state index contributed by atoms with van der Waals surface area (Å²) < 4.78 is 57.1. The van der Waals surface area contributed by atoms with Crippen LogP contribution in [0, 0.1) is 0 Å². The Bertz CT molecular complexity index is 1230. The van der Waals surface area contributed by atoms with Crippen LogP contribution in [0.2, 0.25) is 5.02 Å². The van der Waals surface area contributed by atoms with Gasteiger partial charge in [0.25, 0.3) is 5.56 Å². The number of aromatic nitrogens is 2. The summed E-state index contributed by atoms with van der Waals surface area (Å²) in [6.45, 7) is -2.04. The van der Waals surface area contributed by atoms with Crippen LogP contribution in [0.15, 0.2) is 34.0 Å². The van der Waals surface area contributed by atoms with E-state index in [0.29, 0.717) is 15.2 Å². The third-order valence-electron chi connectivity index (χ3n) is 4.54. The first-order valence-electron chi connectivity index (χ1n) is 9.37. The number of aliphatic hydroxyl groups excluding tert-OH is 2. The van der Waals surface area contributed by atoms with Crippen molar-refractivity contribution in [2.75, 3.05) is 6.61 Å². The summed E-state index contributed by atoms with van der Waals surface area (Å²) >= 11 is 5.87. The van der Waals surface area contributed by atoms with Crippen molar-refractivity contribution in [2.45, 2.75) is 37.8 Å². The molecule has 1 fully saturated rings. The van der Waals surface area contributed by atoms with Gasteiger partial charge in [-0.15, -0.1) is 0 Å². The number of fused-ring (bicyclic) bond motifs is 1. The van der Waals surface area contributed by atoms with Gasteiger partial charge in [0, 0.05) is 23.2 Å². The number of rotatable bonds is 5. The molecule has 0 saturated carbocycles. The van der Waals surface area contributed by atoms with E-state index < -0.39 is 56.9 Å². The van der Waals surface area contributed by atoms with E-state index in [-0.39, 0.29) is 17.9 Å². The average molecular weight is 480 g/mol. The van der Waals surface area contributed by atoms with Crippen LogP contribution in [0.1, 0.15) is 25.1 Å². The van der Waals surface area contributed by atoms with Gasteiger partial charge in [0.15, 0.2) is 6.20 Å². The molecule has 0 aliphatic carbocycles.